The zero-order valence-corrected chi connectivity index (χ0v) is 16.4. The van der Waals surface area contributed by atoms with Crippen molar-refractivity contribution in [2.45, 2.75) is 58.0 Å². The first-order valence-electron chi connectivity index (χ1n) is 10.3. The molecule has 1 atom stereocenters. The van der Waals surface area contributed by atoms with Crippen LogP contribution in [0, 0.1) is 5.41 Å². The topological polar surface area (TPSA) is 43.8 Å². The van der Waals surface area contributed by atoms with E-state index in [4.69, 9.17) is 0 Å². The molecule has 0 spiro atoms. The van der Waals surface area contributed by atoms with Gasteiger partial charge < -0.3 is 10.0 Å². The quantitative estimate of drug-likeness (QED) is 0.814. The largest absolute Gasteiger partial charge is 0.379 e. The highest BCUT2D eigenvalue weighted by atomic mass is 16.3. The maximum absolute atomic E-state index is 13.0. The van der Waals surface area contributed by atoms with Gasteiger partial charge in [-0.25, -0.2) is 0 Å². The van der Waals surface area contributed by atoms with Crippen LogP contribution in [0.2, 0.25) is 0 Å². The minimum Gasteiger partial charge on any atom is -0.379 e. The number of carbonyl (C=O) groups is 1. The predicted molar refractivity (Wildman–Crippen MR) is 105 cm³/mol. The summed E-state index contributed by atoms with van der Waals surface area (Å²) >= 11 is 0. The second-order valence-electron chi connectivity index (χ2n) is 8.33. The highest BCUT2D eigenvalue weighted by molar-refractivity contribution is 5.86. The van der Waals surface area contributed by atoms with Crippen LogP contribution in [-0.4, -0.2) is 59.1 Å². The molecule has 2 saturated heterocycles. The van der Waals surface area contributed by atoms with Gasteiger partial charge in [-0.1, -0.05) is 44.2 Å². The number of aliphatic hydroxyl groups is 1. The summed E-state index contributed by atoms with van der Waals surface area (Å²) in [4.78, 5) is 17.2. The third kappa shape index (κ3) is 4.12. The molecule has 1 aromatic rings. The molecule has 2 fully saturated rings. The van der Waals surface area contributed by atoms with Gasteiger partial charge in [-0.3, -0.25) is 9.69 Å². The number of hydrogen-bond donors (Lipinski definition) is 1. The molecular formula is C22H34N2O2. The maximum atomic E-state index is 13.0. The van der Waals surface area contributed by atoms with Crippen molar-refractivity contribution in [2.75, 3.05) is 32.7 Å². The van der Waals surface area contributed by atoms with E-state index in [1.54, 1.807) is 0 Å². The van der Waals surface area contributed by atoms with E-state index in [-0.39, 0.29) is 5.91 Å². The summed E-state index contributed by atoms with van der Waals surface area (Å²) < 4.78 is 0. The summed E-state index contributed by atoms with van der Waals surface area (Å²) in [5, 5.41) is 11.2. The summed E-state index contributed by atoms with van der Waals surface area (Å²) in [6.07, 6.45) is 5.86. The molecule has 4 heteroatoms. The normalized spacial score (nSPS) is 26.4. The Bertz CT molecular complexity index is 599. The molecule has 1 unspecified atom stereocenters. The second kappa shape index (κ2) is 8.10. The molecule has 0 bridgehead atoms. The minimum absolute atomic E-state index is 0.0646. The van der Waals surface area contributed by atoms with E-state index in [9.17, 15) is 9.90 Å². The molecule has 0 saturated carbocycles. The lowest BCUT2D eigenvalue weighted by Crippen LogP contribution is -2.58. The molecule has 1 amide bonds. The van der Waals surface area contributed by atoms with E-state index >= 15 is 0 Å². The maximum Gasteiger partial charge on any atom is 0.255 e. The van der Waals surface area contributed by atoms with Crippen LogP contribution >= 0.6 is 0 Å². The van der Waals surface area contributed by atoms with Crippen LogP contribution in [0.25, 0.3) is 0 Å². The van der Waals surface area contributed by atoms with Gasteiger partial charge >= 0.3 is 0 Å². The van der Waals surface area contributed by atoms with E-state index in [0.29, 0.717) is 24.9 Å². The number of rotatable bonds is 7. The highest BCUT2D eigenvalue weighted by Crippen LogP contribution is 2.38. The van der Waals surface area contributed by atoms with E-state index in [0.717, 1.165) is 32.5 Å². The number of amides is 1. The summed E-state index contributed by atoms with van der Waals surface area (Å²) in [5.74, 6) is -0.0646. The number of benzene rings is 1. The fraction of sp³-hybridized carbons (Fsp3) is 0.682. The standard InChI is InChI=1S/C22H34N2O2/c1-3-21(4-2)13-16-23(17-21)18-22(26)12-8-14-24(20(22)25)15-11-19-9-6-5-7-10-19/h5-7,9-10,26H,3-4,8,11-18H2,1-2H3. The Morgan fingerprint density at radius 2 is 1.81 bits per heavy atom. The predicted octanol–water partition coefficient (Wildman–Crippen LogP) is 3.09. The number of nitrogens with zero attached hydrogens (tertiary/aromatic N) is 2. The average molecular weight is 359 g/mol. The first-order valence-corrected chi connectivity index (χ1v) is 10.3. The molecule has 4 nitrogen and oxygen atoms in total. The van der Waals surface area contributed by atoms with Crippen molar-refractivity contribution >= 4 is 5.91 Å². The van der Waals surface area contributed by atoms with Crippen molar-refractivity contribution in [2.24, 2.45) is 5.41 Å². The van der Waals surface area contributed by atoms with Crippen molar-refractivity contribution in [3.8, 4) is 0 Å². The number of piperidine rings is 1. The van der Waals surface area contributed by atoms with Gasteiger partial charge in [-0.05, 0) is 56.0 Å². The van der Waals surface area contributed by atoms with E-state index in [2.05, 4.69) is 30.9 Å². The first kappa shape index (κ1) is 19.4. The Morgan fingerprint density at radius 3 is 2.46 bits per heavy atom. The Hall–Kier alpha value is -1.39. The Kier molecular flexibility index (Phi) is 6.03. The second-order valence-corrected chi connectivity index (χ2v) is 8.33. The van der Waals surface area contributed by atoms with Crippen LogP contribution in [0.1, 0.15) is 51.5 Å². The molecule has 2 aliphatic heterocycles. The van der Waals surface area contributed by atoms with Crippen LogP contribution < -0.4 is 0 Å². The molecule has 1 aromatic carbocycles. The number of carbonyl (C=O) groups excluding carboxylic acids is 1. The zero-order valence-electron chi connectivity index (χ0n) is 16.4. The third-order valence-electron chi connectivity index (χ3n) is 6.72. The molecule has 26 heavy (non-hydrogen) atoms. The molecule has 1 N–H and O–H groups in total. The van der Waals surface area contributed by atoms with Gasteiger partial charge in [0, 0.05) is 26.2 Å². The molecular weight excluding hydrogens is 324 g/mol. The Labute approximate surface area is 158 Å². The van der Waals surface area contributed by atoms with Crippen molar-refractivity contribution in [3.63, 3.8) is 0 Å². The van der Waals surface area contributed by atoms with Crippen LogP contribution in [0.3, 0.4) is 0 Å². The molecule has 2 aliphatic rings. The van der Waals surface area contributed by atoms with E-state index in [1.807, 2.05) is 23.1 Å². The number of β-amino-alcohol motifs (C(OH)–C–C–N with tert-alkyl or cyclic N) is 1. The van der Waals surface area contributed by atoms with Gasteiger partial charge in [0.15, 0.2) is 5.60 Å². The van der Waals surface area contributed by atoms with Crippen LogP contribution in [0.4, 0.5) is 0 Å². The first-order chi connectivity index (χ1) is 12.5. The summed E-state index contributed by atoms with van der Waals surface area (Å²) in [6, 6.07) is 10.3. The summed E-state index contributed by atoms with van der Waals surface area (Å²) in [6.45, 7) is 8.49. The fourth-order valence-electron chi connectivity index (χ4n) is 4.69. The van der Waals surface area contributed by atoms with Gasteiger partial charge in [-0.15, -0.1) is 0 Å². The van der Waals surface area contributed by atoms with Crippen molar-refractivity contribution in [1.82, 2.24) is 9.80 Å². The minimum atomic E-state index is -1.20. The lowest BCUT2D eigenvalue weighted by Gasteiger charge is -2.40. The third-order valence-corrected chi connectivity index (χ3v) is 6.72. The van der Waals surface area contributed by atoms with Crippen LogP contribution in [0.5, 0.6) is 0 Å². The van der Waals surface area contributed by atoms with Gasteiger partial charge in [0.25, 0.3) is 5.91 Å². The van der Waals surface area contributed by atoms with Crippen molar-refractivity contribution in [1.29, 1.82) is 0 Å². The van der Waals surface area contributed by atoms with Gasteiger partial charge in [0.05, 0.1) is 0 Å². The monoisotopic (exact) mass is 358 g/mol. The molecule has 3 rings (SSSR count). The SMILES string of the molecule is CCC1(CC)CCN(CC2(O)CCCN(CCc3ccccc3)C2=O)C1. The lowest BCUT2D eigenvalue weighted by molar-refractivity contribution is -0.159. The van der Waals surface area contributed by atoms with Crippen LogP contribution in [0.15, 0.2) is 30.3 Å². The average Bonchev–Trinajstić information content (AvgIpc) is 3.07. The van der Waals surface area contributed by atoms with Crippen molar-refractivity contribution < 1.29 is 9.90 Å². The van der Waals surface area contributed by atoms with E-state index < -0.39 is 5.60 Å². The fourth-order valence-corrected chi connectivity index (χ4v) is 4.69. The smallest absolute Gasteiger partial charge is 0.255 e. The molecule has 2 heterocycles. The van der Waals surface area contributed by atoms with Gasteiger partial charge in [0.2, 0.25) is 0 Å². The summed E-state index contributed by atoms with van der Waals surface area (Å²) in [5.41, 5.74) is 0.415. The molecule has 0 aromatic heterocycles. The number of hydrogen-bond acceptors (Lipinski definition) is 3. The zero-order chi connectivity index (χ0) is 18.6. The summed E-state index contributed by atoms with van der Waals surface area (Å²) in [7, 11) is 0. The Balaban J connectivity index is 1.59. The van der Waals surface area contributed by atoms with Gasteiger partial charge in [-0.2, -0.15) is 0 Å². The molecule has 144 valence electrons. The van der Waals surface area contributed by atoms with Crippen LogP contribution in [-0.2, 0) is 11.2 Å². The lowest BCUT2D eigenvalue weighted by atomic mass is 9.82. The van der Waals surface area contributed by atoms with Gasteiger partial charge in [0.1, 0.15) is 0 Å². The number of likely N-dealkylation sites (tertiary alicyclic amines) is 2. The molecule has 0 radical (unpaired) electrons. The van der Waals surface area contributed by atoms with Crippen molar-refractivity contribution in [3.05, 3.63) is 35.9 Å². The molecule has 0 aliphatic carbocycles. The Morgan fingerprint density at radius 1 is 1.08 bits per heavy atom. The highest BCUT2D eigenvalue weighted by Gasteiger charge is 2.45. The van der Waals surface area contributed by atoms with E-state index in [1.165, 1.54) is 24.8 Å².